The van der Waals surface area contributed by atoms with E-state index in [1.165, 1.54) is 36.3 Å². The van der Waals surface area contributed by atoms with Crippen LogP contribution in [0.25, 0.3) is 99.4 Å². The normalized spacial score (nSPS) is 13.0. The van der Waals surface area contributed by atoms with E-state index in [-0.39, 0.29) is 11.6 Å². The first-order chi connectivity index (χ1) is 64.4. The molecule has 3 saturated heterocycles. The van der Waals surface area contributed by atoms with E-state index >= 15 is 4.39 Å². The van der Waals surface area contributed by atoms with Crippen LogP contribution in [0.2, 0.25) is 10.0 Å². The van der Waals surface area contributed by atoms with Gasteiger partial charge in [0.15, 0.2) is 32.9 Å². The molecule has 18 heterocycles. The molecule has 3 aliphatic heterocycles. The smallest absolute Gasteiger partial charge is 0.212 e. The van der Waals surface area contributed by atoms with E-state index in [2.05, 4.69) is 172 Å². The molecule has 3 aliphatic rings. The van der Waals surface area contributed by atoms with Crippen molar-refractivity contribution in [1.82, 2.24) is 103 Å². The number of ether oxygens (including phenoxy) is 3. The SMILES string of the molecule is Clc1c(I)cnc2ccc(Br)cc12.Clc1c(N2CCOCC2)cnc2ccc(Br)cc12.Cn1cc(-c2ccc(F)nc2)cn1.Cn1cc(-c2ccc(NN)nc2)cn1.Cn1cc(-c2ccc3n[nH]c(=S)n3c2)cn1.Cn1cc(-c2ccc3nnc(Sc4ccc5ncc(N6CCOCC6)c(F)c5c4)n3c2)cn1.Fc1c(N2CCOCC2)cnc2ccc(Br)cc12.Fc1ccc(Br)cn1. The highest BCUT2D eigenvalue weighted by Crippen LogP contribution is 2.38. The molecule has 15 aromatic heterocycles. The summed E-state index contributed by atoms with van der Waals surface area (Å²) in [5.41, 5.74) is 17.3. The van der Waals surface area contributed by atoms with E-state index in [0.29, 0.717) is 102 Å². The third kappa shape index (κ3) is 25.0. The molecule has 22 rings (SSSR count). The Morgan fingerprint density at radius 1 is 0.406 bits per heavy atom. The molecule has 0 spiro atoms. The Hall–Kier alpha value is -11.4. The molecule has 0 amide bonds. The van der Waals surface area contributed by atoms with Crippen LogP contribution in [0.4, 0.5) is 40.4 Å². The Morgan fingerprint density at radius 3 is 1.27 bits per heavy atom. The van der Waals surface area contributed by atoms with Crippen LogP contribution >= 0.6 is 133 Å². The highest BCUT2D eigenvalue weighted by atomic mass is 127. The minimum atomic E-state index is -0.465. The van der Waals surface area contributed by atoms with Gasteiger partial charge in [0, 0.05) is 218 Å². The zero-order valence-electron chi connectivity index (χ0n) is 71.1. The molecular weight excluding hydrogens is 2160 g/mol. The summed E-state index contributed by atoms with van der Waals surface area (Å²) in [5.74, 6) is 4.49. The number of nitrogens with zero attached hydrogens (tertiary/aromatic N) is 23. The van der Waals surface area contributed by atoms with Crippen LogP contribution in [0.3, 0.4) is 0 Å². The van der Waals surface area contributed by atoms with Crippen molar-refractivity contribution in [3.05, 3.63) is 299 Å². The molecule has 0 bridgehead atoms. The standard InChI is InChI=1S/C23H20FN7OS.C13H12BrClN2O.C13H12BrFN2O.C10H9N5S.C9H4BrClIN.C9H8FN3.C9H11N5.C5H3BrFN/c1-29-13-16(11-26-29)15-2-5-21-27-28-23(31(21)14-15)33-17-3-4-19-18(10-17)22(24)20(12-25-19)30-6-8-32-9-7-30;2*14-9-1-2-11-10(7-9)13(15)12(8-16-11)17-3-5-18-6-4-17;1-14-5-8(4-11-14)7-2-3-9-12-13-10(16)15(9)6-7;10-5-1-2-8-6(3-5)9(11)7(12)4-13-8;1-13-6-8(5-12-13)7-2-3-9(10)11-4-7;1-14-6-8(5-12-14)7-2-3-9(13-10)11-4-7;6-4-1-2-5(7)8-3-4/h2-5,10-14H,6-9H2,1H3;2*1-2,7-8H,3-6H2;2-6H,1H3,(H,13,16);1-4H;2-6H,1H3;2-6H,10H2,1H3,(H,11,13);1-3H. The highest BCUT2D eigenvalue weighted by molar-refractivity contribution is 14.1. The number of aryl methyl sites for hydroxylation is 4. The van der Waals surface area contributed by atoms with Gasteiger partial charge in [-0.3, -0.25) is 52.6 Å². The van der Waals surface area contributed by atoms with E-state index in [1.807, 2.05) is 206 Å². The number of halogens is 11. The second-order valence-electron chi connectivity index (χ2n) is 29.5. The molecule has 0 unspecified atom stereocenters. The molecule has 19 aromatic rings. The van der Waals surface area contributed by atoms with Gasteiger partial charge in [-0.2, -0.15) is 34.3 Å². The van der Waals surface area contributed by atoms with Gasteiger partial charge in [-0.05, 0) is 196 Å². The van der Waals surface area contributed by atoms with E-state index in [9.17, 15) is 13.2 Å². The summed E-state index contributed by atoms with van der Waals surface area (Å²) in [6.45, 7) is 8.39. The number of hydrogen-bond donors (Lipinski definition) is 3. The van der Waals surface area contributed by atoms with Crippen LogP contribution in [0.15, 0.2) is 267 Å². The summed E-state index contributed by atoms with van der Waals surface area (Å²) in [5, 5.41) is 37.2. The van der Waals surface area contributed by atoms with Crippen molar-refractivity contribution in [3.8, 4) is 44.5 Å². The molecule has 3 fully saturated rings. The van der Waals surface area contributed by atoms with Gasteiger partial charge in [-0.25, -0.2) is 29.6 Å². The van der Waals surface area contributed by atoms with Gasteiger partial charge in [0.1, 0.15) is 5.82 Å². The van der Waals surface area contributed by atoms with Gasteiger partial charge >= 0.3 is 0 Å². The van der Waals surface area contributed by atoms with Crippen molar-refractivity contribution < 1.29 is 31.8 Å². The predicted octanol–water partition coefficient (Wildman–Crippen LogP) is 20.7. The number of nitrogens with one attached hydrogen (secondary N) is 2. The maximum atomic E-state index is 15.4. The van der Waals surface area contributed by atoms with Crippen molar-refractivity contribution >= 4 is 211 Å². The summed E-state index contributed by atoms with van der Waals surface area (Å²) in [7, 11) is 7.50. The van der Waals surface area contributed by atoms with Gasteiger partial charge < -0.3 is 34.3 Å². The lowest BCUT2D eigenvalue weighted by Gasteiger charge is -2.29. The molecular formula is C91H79Br4Cl2F4IN26O3S2. The number of aromatic amines is 1. The number of H-pyrrole nitrogens is 1. The van der Waals surface area contributed by atoms with Crippen molar-refractivity contribution in [2.75, 3.05) is 99.0 Å². The Morgan fingerprint density at radius 2 is 0.812 bits per heavy atom. The first kappa shape index (κ1) is 96.2. The van der Waals surface area contributed by atoms with Gasteiger partial charge in [0.05, 0.1) is 136 Å². The third-order valence-electron chi connectivity index (χ3n) is 20.5. The number of fused-ring (bicyclic) bond motifs is 6. The number of pyridine rings is 9. The van der Waals surface area contributed by atoms with Crippen LogP contribution in [0.1, 0.15) is 0 Å². The lowest BCUT2D eigenvalue weighted by atomic mass is 10.2. The molecule has 4 N–H and O–H groups in total. The van der Waals surface area contributed by atoms with Crippen LogP contribution in [-0.4, -0.2) is 182 Å². The van der Waals surface area contributed by atoms with Gasteiger partial charge in [0.2, 0.25) is 11.9 Å². The lowest BCUT2D eigenvalue weighted by molar-refractivity contribution is 0.122. The Kier molecular flexibility index (Phi) is 33.0. The number of rotatable bonds is 10. The monoisotopic (exact) mass is 2240 g/mol. The maximum absolute atomic E-state index is 15.4. The number of aromatic nitrogens is 21. The number of nitrogen functional groups attached to an aromatic ring is 1. The van der Waals surface area contributed by atoms with Crippen LogP contribution < -0.4 is 26.0 Å². The molecule has 0 atom stereocenters. The predicted molar refractivity (Wildman–Crippen MR) is 536 cm³/mol. The van der Waals surface area contributed by atoms with E-state index in [1.54, 1.807) is 74.1 Å². The highest BCUT2D eigenvalue weighted by Gasteiger charge is 2.23. The molecule has 0 aliphatic carbocycles. The fraction of sp³-hybridized carbons (Fsp3) is 0.176. The van der Waals surface area contributed by atoms with Gasteiger partial charge in [0.25, 0.3) is 0 Å². The van der Waals surface area contributed by atoms with Crippen molar-refractivity contribution in [3.63, 3.8) is 0 Å². The molecule has 680 valence electrons. The average Bonchev–Trinajstić information content (AvgIpc) is 1.64. The van der Waals surface area contributed by atoms with E-state index < -0.39 is 11.9 Å². The number of hydrazine groups is 1. The number of benzene rings is 4. The number of hydrogen-bond acceptors (Lipinski definition) is 24. The summed E-state index contributed by atoms with van der Waals surface area (Å²) in [6.07, 6.45) is 30.3. The molecule has 133 heavy (non-hydrogen) atoms. The zero-order valence-corrected chi connectivity index (χ0v) is 82.7. The van der Waals surface area contributed by atoms with Crippen molar-refractivity contribution in [2.45, 2.75) is 10.1 Å². The Bertz CT molecular complexity index is 7160. The number of nitrogens with two attached hydrogens (primary N) is 1. The average molecular weight is 2240 g/mol. The summed E-state index contributed by atoms with van der Waals surface area (Å²) in [4.78, 5) is 35.6. The molecule has 29 nitrogen and oxygen atoms in total. The fourth-order valence-electron chi connectivity index (χ4n) is 13.7. The topological polar surface area (TPSA) is 300 Å². The summed E-state index contributed by atoms with van der Waals surface area (Å²) >= 11 is 34.7. The summed E-state index contributed by atoms with van der Waals surface area (Å²) < 4.78 is 86.4. The largest absolute Gasteiger partial charge is 0.378 e. The lowest BCUT2D eigenvalue weighted by Crippen LogP contribution is -2.36. The summed E-state index contributed by atoms with van der Waals surface area (Å²) in [6, 6.07) is 40.4. The minimum Gasteiger partial charge on any atom is -0.378 e. The molecule has 4 aromatic carbocycles. The van der Waals surface area contributed by atoms with Crippen LogP contribution in [-0.2, 0) is 42.4 Å². The molecule has 0 saturated carbocycles. The first-order valence-corrected chi connectivity index (χ1v) is 47.0. The van der Waals surface area contributed by atoms with Gasteiger partial charge in [-0.1, -0.05) is 71.0 Å². The van der Waals surface area contributed by atoms with Crippen molar-refractivity contribution in [2.24, 2.45) is 34.0 Å². The molecule has 42 heteroatoms. The number of anilines is 4. The van der Waals surface area contributed by atoms with Crippen LogP contribution in [0.5, 0.6) is 0 Å². The Balaban J connectivity index is 0.000000120. The fourth-order valence-corrected chi connectivity index (χ4v) is 17.1. The van der Waals surface area contributed by atoms with E-state index in [4.69, 9.17) is 55.5 Å². The van der Waals surface area contributed by atoms with Crippen LogP contribution in [0, 0.1) is 31.9 Å². The minimum absolute atomic E-state index is 0.205. The second kappa shape index (κ2) is 45.6. The second-order valence-corrected chi connectivity index (χ2v) is 36.5. The zero-order chi connectivity index (χ0) is 93.2. The quantitative estimate of drug-likeness (QED) is 0.0286. The van der Waals surface area contributed by atoms with Crippen molar-refractivity contribution in [1.29, 1.82) is 0 Å². The Labute approximate surface area is 825 Å². The van der Waals surface area contributed by atoms with E-state index in [0.717, 1.165) is 146 Å². The molecule has 0 radical (unpaired) electrons. The van der Waals surface area contributed by atoms with Gasteiger partial charge in [-0.15, -0.1) is 10.2 Å². The maximum Gasteiger partial charge on any atom is 0.212 e. The first-order valence-electron chi connectivity index (χ1n) is 40.7. The third-order valence-corrected chi connectivity index (χ3v) is 25.6. The number of morpholine rings is 3.